The van der Waals surface area contributed by atoms with Gasteiger partial charge in [-0.1, -0.05) is 23.7 Å². The van der Waals surface area contributed by atoms with Gasteiger partial charge in [0.1, 0.15) is 13.2 Å². The lowest BCUT2D eigenvalue weighted by Gasteiger charge is -2.35. The Hall–Kier alpha value is -2.33. The van der Waals surface area contributed by atoms with E-state index in [9.17, 15) is 13.2 Å². The van der Waals surface area contributed by atoms with Crippen molar-refractivity contribution < 1.29 is 22.7 Å². The van der Waals surface area contributed by atoms with Crippen molar-refractivity contribution >= 4 is 27.5 Å². The molecule has 2 aromatic carbocycles. The summed E-state index contributed by atoms with van der Waals surface area (Å²) in [6, 6.07) is 12.0. The first-order chi connectivity index (χ1) is 15.4. The van der Waals surface area contributed by atoms with Crippen LogP contribution in [0.5, 0.6) is 11.5 Å². The Morgan fingerprint density at radius 3 is 2.50 bits per heavy atom. The highest BCUT2D eigenvalue weighted by atomic mass is 35.5. The average Bonchev–Trinajstić information content (AvgIpc) is 2.79. The summed E-state index contributed by atoms with van der Waals surface area (Å²) in [5.41, 5.74) is 1.14. The van der Waals surface area contributed by atoms with Crippen LogP contribution in [0.15, 0.2) is 47.4 Å². The summed E-state index contributed by atoms with van der Waals surface area (Å²) in [6.07, 6.45) is 0.113. The van der Waals surface area contributed by atoms with Gasteiger partial charge in [0.25, 0.3) is 0 Å². The lowest BCUT2D eigenvalue weighted by molar-refractivity contribution is -0.132. The van der Waals surface area contributed by atoms with Crippen molar-refractivity contribution in [2.24, 2.45) is 0 Å². The molecular formula is C22H26ClN3O5S. The summed E-state index contributed by atoms with van der Waals surface area (Å²) < 4.78 is 38.3. The fourth-order valence-corrected chi connectivity index (χ4v) is 5.10. The number of benzene rings is 2. The molecule has 0 bridgehead atoms. The van der Waals surface area contributed by atoms with E-state index in [1.54, 1.807) is 17.0 Å². The Kier molecular flexibility index (Phi) is 7.20. The highest BCUT2D eigenvalue weighted by Crippen LogP contribution is 2.31. The molecule has 1 saturated heterocycles. The van der Waals surface area contributed by atoms with Crippen LogP contribution in [0, 0.1) is 0 Å². The molecule has 32 heavy (non-hydrogen) atoms. The summed E-state index contributed by atoms with van der Waals surface area (Å²) in [6.45, 7) is 4.71. The molecule has 0 aromatic heterocycles. The van der Waals surface area contributed by atoms with Crippen LogP contribution < -0.4 is 14.2 Å². The third kappa shape index (κ3) is 5.72. The van der Waals surface area contributed by atoms with Gasteiger partial charge in [-0.3, -0.25) is 9.69 Å². The molecule has 0 aliphatic carbocycles. The summed E-state index contributed by atoms with van der Waals surface area (Å²) in [4.78, 5) is 16.7. The Morgan fingerprint density at radius 1 is 1.00 bits per heavy atom. The summed E-state index contributed by atoms with van der Waals surface area (Å²) >= 11 is 5.86. The molecule has 0 spiro atoms. The van der Waals surface area contributed by atoms with E-state index in [0.717, 1.165) is 36.7 Å². The van der Waals surface area contributed by atoms with Gasteiger partial charge >= 0.3 is 0 Å². The molecule has 1 fully saturated rings. The molecule has 8 nitrogen and oxygen atoms in total. The second-order valence-electron chi connectivity index (χ2n) is 7.74. The van der Waals surface area contributed by atoms with Gasteiger partial charge in [0.05, 0.1) is 4.90 Å². The minimum atomic E-state index is -3.69. The number of piperazine rings is 1. The van der Waals surface area contributed by atoms with Gasteiger partial charge < -0.3 is 14.4 Å². The lowest BCUT2D eigenvalue weighted by Crippen LogP contribution is -2.48. The number of rotatable bonds is 7. The number of hydrogen-bond acceptors (Lipinski definition) is 6. The molecule has 1 amide bonds. The van der Waals surface area contributed by atoms with Gasteiger partial charge in [-0.15, -0.1) is 0 Å². The molecule has 0 atom stereocenters. The number of nitrogens with one attached hydrogen (secondary N) is 1. The maximum Gasteiger partial charge on any atom is 0.240 e. The van der Waals surface area contributed by atoms with Crippen molar-refractivity contribution in [3.63, 3.8) is 0 Å². The van der Waals surface area contributed by atoms with Gasteiger partial charge in [0.2, 0.25) is 15.9 Å². The van der Waals surface area contributed by atoms with Gasteiger partial charge in [-0.25, -0.2) is 13.1 Å². The molecule has 1 N–H and O–H groups in total. The first-order valence-corrected chi connectivity index (χ1v) is 12.4. The van der Waals surface area contributed by atoms with E-state index < -0.39 is 10.0 Å². The number of nitrogens with zero attached hydrogens (tertiary/aromatic N) is 2. The highest BCUT2D eigenvalue weighted by molar-refractivity contribution is 7.89. The molecule has 2 heterocycles. The van der Waals surface area contributed by atoms with Crippen molar-refractivity contribution in [3.05, 3.63) is 53.1 Å². The largest absolute Gasteiger partial charge is 0.486 e. The number of amides is 1. The number of fused-ring (bicyclic) bond motifs is 1. The van der Waals surface area contributed by atoms with E-state index >= 15 is 0 Å². The quantitative estimate of drug-likeness (QED) is 0.654. The van der Waals surface area contributed by atoms with E-state index in [4.69, 9.17) is 21.1 Å². The fraction of sp³-hybridized carbons (Fsp3) is 0.409. The Morgan fingerprint density at radius 2 is 1.75 bits per heavy atom. The van der Waals surface area contributed by atoms with Crippen LogP contribution in [-0.4, -0.2) is 70.1 Å². The summed E-state index contributed by atoms with van der Waals surface area (Å²) in [5, 5.41) is 0.345. The van der Waals surface area contributed by atoms with Gasteiger partial charge in [0.15, 0.2) is 11.5 Å². The normalized spacial score (nSPS) is 16.7. The summed E-state index contributed by atoms with van der Waals surface area (Å²) in [7, 11) is -3.69. The molecular weight excluding hydrogens is 454 g/mol. The molecule has 10 heteroatoms. The molecule has 4 rings (SSSR count). The average molecular weight is 480 g/mol. The van der Waals surface area contributed by atoms with Crippen molar-refractivity contribution in [1.82, 2.24) is 14.5 Å². The third-order valence-electron chi connectivity index (χ3n) is 5.48. The predicted molar refractivity (Wildman–Crippen MR) is 121 cm³/mol. The van der Waals surface area contributed by atoms with Gasteiger partial charge in [-0.2, -0.15) is 0 Å². The van der Waals surface area contributed by atoms with Crippen LogP contribution in [0.4, 0.5) is 0 Å². The second-order valence-corrected chi connectivity index (χ2v) is 9.94. The topological polar surface area (TPSA) is 88.2 Å². The maximum atomic E-state index is 12.5. The standard InChI is InChI=1S/C22H26ClN3O5S/c23-18-2-1-3-19(15-18)32(28,29)24-7-6-22(27)26-10-8-25(9-11-26)16-17-4-5-20-21(14-17)31-13-12-30-20/h1-5,14-15,24H,6-13,16H2. The Balaban J connectivity index is 1.21. The molecule has 2 aromatic rings. The third-order valence-corrected chi connectivity index (χ3v) is 7.17. The smallest absolute Gasteiger partial charge is 0.240 e. The zero-order valence-corrected chi connectivity index (χ0v) is 19.2. The first kappa shape index (κ1) is 22.8. The Bertz CT molecular complexity index is 1070. The number of hydrogen-bond donors (Lipinski definition) is 1. The van der Waals surface area contributed by atoms with Crippen LogP contribution in [0.25, 0.3) is 0 Å². The van der Waals surface area contributed by atoms with Gasteiger partial charge in [-0.05, 0) is 35.9 Å². The number of carbonyl (C=O) groups is 1. The van der Waals surface area contributed by atoms with Crippen molar-refractivity contribution in [2.75, 3.05) is 45.9 Å². The van der Waals surface area contributed by atoms with E-state index in [1.807, 2.05) is 18.2 Å². The van der Waals surface area contributed by atoms with Crippen LogP contribution >= 0.6 is 11.6 Å². The Labute approximate surface area is 193 Å². The number of carbonyl (C=O) groups excluding carboxylic acids is 1. The van der Waals surface area contributed by atoms with Crippen molar-refractivity contribution in [3.8, 4) is 11.5 Å². The van der Waals surface area contributed by atoms with Crippen LogP contribution in [0.1, 0.15) is 12.0 Å². The van der Waals surface area contributed by atoms with Crippen LogP contribution in [0.2, 0.25) is 5.02 Å². The molecule has 0 saturated carbocycles. The SMILES string of the molecule is O=C(CCNS(=O)(=O)c1cccc(Cl)c1)N1CCN(Cc2ccc3c(c2)OCCO3)CC1. The highest BCUT2D eigenvalue weighted by Gasteiger charge is 2.22. The van der Waals surface area contributed by atoms with Gasteiger partial charge in [0, 0.05) is 50.7 Å². The molecule has 0 unspecified atom stereocenters. The zero-order valence-electron chi connectivity index (χ0n) is 17.6. The maximum absolute atomic E-state index is 12.5. The second kappa shape index (κ2) is 10.1. The van der Waals surface area contributed by atoms with Crippen LogP contribution in [-0.2, 0) is 21.4 Å². The zero-order chi connectivity index (χ0) is 22.6. The van der Waals surface area contributed by atoms with Crippen molar-refractivity contribution in [1.29, 1.82) is 0 Å². The molecule has 2 aliphatic heterocycles. The van der Waals surface area contributed by atoms with E-state index in [0.29, 0.717) is 31.3 Å². The fourth-order valence-electron chi connectivity index (χ4n) is 3.77. The number of halogens is 1. The minimum absolute atomic E-state index is 0.0467. The van der Waals surface area contributed by atoms with E-state index in [-0.39, 0.29) is 23.8 Å². The monoisotopic (exact) mass is 479 g/mol. The summed E-state index contributed by atoms with van der Waals surface area (Å²) in [5.74, 6) is 1.50. The molecule has 2 aliphatic rings. The molecule has 0 radical (unpaired) electrons. The first-order valence-electron chi connectivity index (χ1n) is 10.5. The van der Waals surface area contributed by atoms with Crippen LogP contribution in [0.3, 0.4) is 0 Å². The number of ether oxygens (including phenoxy) is 2. The lowest BCUT2D eigenvalue weighted by atomic mass is 10.1. The van der Waals surface area contributed by atoms with E-state index in [2.05, 4.69) is 9.62 Å². The predicted octanol–water partition coefficient (Wildman–Crippen LogP) is 2.12. The minimum Gasteiger partial charge on any atom is -0.486 e. The van der Waals surface area contributed by atoms with Crippen molar-refractivity contribution in [2.45, 2.75) is 17.9 Å². The molecule has 172 valence electrons. The van der Waals surface area contributed by atoms with E-state index in [1.165, 1.54) is 12.1 Å². The number of sulfonamides is 1.